The van der Waals surface area contributed by atoms with Crippen LogP contribution >= 0.6 is 11.6 Å². The summed E-state index contributed by atoms with van der Waals surface area (Å²) in [6.45, 7) is 0. The van der Waals surface area contributed by atoms with Gasteiger partial charge in [-0.25, -0.2) is 0 Å². The molecule has 1 aromatic carbocycles. The Hall–Kier alpha value is -1.76. The normalized spacial score (nSPS) is 25.3. The number of hydrogen-bond acceptors (Lipinski definition) is 2. The van der Waals surface area contributed by atoms with Gasteiger partial charge >= 0.3 is 18.1 Å². The molecule has 1 aromatic rings. The summed E-state index contributed by atoms with van der Waals surface area (Å²) in [6.07, 6.45) is -4.98. The van der Waals surface area contributed by atoms with Crippen LogP contribution in [0.1, 0.15) is 17.5 Å². The molecule has 0 unspecified atom stereocenters. The molecule has 0 radical (unpaired) electrons. The van der Waals surface area contributed by atoms with E-state index in [1.807, 2.05) is 0 Å². The van der Waals surface area contributed by atoms with Crippen LogP contribution in [0.15, 0.2) is 18.2 Å². The van der Waals surface area contributed by atoms with Crippen LogP contribution in [0.5, 0.6) is 0 Å². The molecule has 2 atom stereocenters. The van der Waals surface area contributed by atoms with Crippen molar-refractivity contribution in [1.82, 2.24) is 0 Å². The standard InChI is InChI=1S/C12H8ClF3O4/c13-8-2-1-5(3-6(8)12(14,15)16)11(10(19)20)4-7(11)9(17)18/h1-3,7H,4H2,(H,17,18)(H,19,20)/t7-,11+/m1/s1. The van der Waals surface area contributed by atoms with E-state index in [2.05, 4.69) is 0 Å². The SMILES string of the molecule is O=C(O)[C@H]1C[C@]1(C(=O)O)c1ccc(Cl)c(C(F)(F)F)c1. The first-order valence-electron chi connectivity index (χ1n) is 5.44. The summed E-state index contributed by atoms with van der Waals surface area (Å²) in [4.78, 5) is 22.2. The summed E-state index contributed by atoms with van der Waals surface area (Å²) in [5.74, 6) is -4.04. The molecule has 1 aliphatic rings. The van der Waals surface area contributed by atoms with Crippen molar-refractivity contribution in [1.29, 1.82) is 0 Å². The molecule has 0 saturated heterocycles. The van der Waals surface area contributed by atoms with E-state index in [1.54, 1.807) is 0 Å². The monoisotopic (exact) mass is 308 g/mol. The van der Waals surface area contributed by atoms with Crippen molar-refractivity contribution in [2.75, 3.05) is 0 Å². The van der Waals surface area contributed by atoms with Crippen molar-refractivity contribution >= 4 is 23.5 Å². The first kappa shape index (κ1) is 14.6. The third-order valence-corrected chi connectivity index (χ3v) is 3.76. The van der Waals surface area contributed by atoms with Crippen molar-refractivity contribution < 1.29 is 33.0 Å². The average molecular weight is 309 g/mol. The Bertz CT molecular complexity index is 599. The Labute approximate surface area is 115 Å². The minimum atomic E-state index is -4.74. The van der Waals surface area contributed by atoms with E-state index in [0.717, 1.165) is 12.1 Å². The lowest BCUT2D eigenvalue weighted by atomic mass is 9.91. The summed E-state index contributed by atoms with van der Waals surface area (Å²) in [6, 6.07) is 2.66. The molecule has 0 spiro atoms. The Morgan fingerprint density at radius 1 is 1.30 bits per heavy atom. The number of benzene rings is 1. The molecule has 20 heavy (non-hydrogen) atoms. The van der Waals surface area contributed by atoms with Gasteiger partial charge in [0.05, 0.1) is 16.5 Å². The van der Waals surface area contributed by atoms with E-state index in [0.29, 0.717) is 6.07 Å². The highest BCUT2D eigenvalue weighted by Crippen LogP contribution is 2.55. The van der Waals surface area contributed by atoms with Crippen molar-refractivity contribution in [2.24, 2.45) is 5.92 Å². The quantitative estimate of drug-likeness (QED) is 0.900. The van der Waals surface area contributed by atoms with Crippen molar-refractivity contribution in [3.8, 4) is 0 Å². The summed E-state index contributed by atoms with van der Waals surface area (Å²) < 4.78 is 38.2. The lowest BCUT2D eigenvalue weighted by Gasteiger charge is -2.15. The minimum Gasteiger partial charge on any atom is -0.481 e. The van der Waals surface area contributed by atoms with E-state index in [4.69, 9.17) is 21.8 Å². The molecule has 2 N–H and O–H groups in total. The van der Waals surface area contributed by atoms with Crippen LogP contribution < -0.4 is 0 Å². The first-order valence-corrected chi connectivity index (χ1v) is 5.82. The Morgan fingerprint density at radius 2 is 1.90 bits per heavy atom. The van der Waals surface area contributed by atoms with Gasteiger partial charge in [-0.2, -0.15) is 13.2 Å². The van der Waals surface area contributed by atoms with Crippen molar-refractivity contribution in [2.45, 2.75) is 18.0 Å². The van der Waals surface area contributed by atoms with Gasteiger partial charge in [0.15, 0.2) is 0 Å². The Kier molecular flexibility index (Phi) is 3.20. The Morgan fingerprint density at radius 3 is 2.30 bits per heavy atom. The van der Waals surface area contributed by atoms with E-state index in [-0.39, 0.29) is 12.0 Å². The van der Waals surface area contributed by atoms with Gasteiger partial charge in [-0.3, -0.25) is 9.59 Å². The summed E-state index contributed by atoms with van der Waals surface area (Å²) in [7, 11) is 0. The number of hydrogen-bond donors (Lipinski definition) is 2. The molecule has 1 fully saturated rings. The molecule has 0 aromatic heterocycles. The summed E-state index contributed by atoms with van der Waals surface area (Å²) >= 11 is 5.45. The number of halogens is 4. The van der Waals surface area contributed by atoms with Crippen LogP contribution in [-0.2, 0) is 21.2 Å². The topological polar surface area (TPSA) is 74.6 Å². The van der Waals surface area contributed by atoms with Gasteiger partial charge < -0.3 is 10.2 Å². The third kappa shape index (κ3) is 2.11. The molecule has 2 rings (SSSR count). The van der Waals surface area contributed by atoms with Gasteiger partial charge in [0.25, 0.3) is 0 Å². The highest BCUT2D eigenvalue weighted by molar-refractivity contribution is 6.31. The molecule has 1 aliphatic carbocycles. The molecule has 8 heteroatoms. The van der Waals surface area contributed by atoms with Gasteiger partial charge in [0, 0.05) is 0 Å². The number of carboxylic acid groups (broad SMARTS) is 2. The number of rotatable bonds is 3. The zero-order valence-electron chi connectivity index (χ0n) is 9.74. The molecule has 4 nitrogen and oxygen atoms in total. The molecular weight excluding hydrogens is 301 g/mol. The van der Waals surface area contributed by atoms with Crippen LogP contribution in [0.4, 0.5) is 13.2 Å². The molecule has 0 aliphatic heterocycles. The smallest absolute Gasteiger partial charge is 0.417 e. The predicted octanol–water partition coefficient (Wildman–Crippen LogP) is 2.79. The number of aliphatic carboxylic acids is 2. The van der Waals surface area contributed by atoms with Crippen molar-refractivity contribution in [3.63, 3.8) is 0 Å². The maximum atomic E-state index is 12.7. The maximum absolute atomic E-state index is 12.7. The first-order chi connectivity index (χ1) is 9.10. The van der Waals surface area contributed by atoms with Crippen LogP contribution in [0.3, 0.4) is 0 Å². The number of carboxylic acids is 2. The fourth-order valence-electron chi connectivity index (χ4n) is 2.26. The molecule has 1 saturated carbocycles. The molecule has 0 amide bonds. The van der Waals surface area contributed by atoms with E-state index >= 15 is 0 Å². The summed E-state index contributed by atoms with van der Waals surface area (Å²) in [5.41, 5.74) is -3.18. The van der Waals surface area contributed by atoms with Crippen molar-refractivity contribution in [3.05, 3.63) is 34.3 Å². The predicted molar refractivity (Wildman–Crippen MR) is 61.5 cm³/mol. The van der Waals surface area contributed by atoms with Crippen LogP contribution in [-0.4, -0.2) is 22.2 Å². The van der Waals surface area contributed by atoms with E-state index < -0.39 is 40.0 Å². The van der Waals surface area contributed by atoms with Gasteiger partial charge in [-0.1, -0.05) is 17.7 Å². The molecule has 0 bridgehead atoms. The zero-order chi connectivity index (χ0) is 15.3. The lowest BCUT2D eigenvalue weighted by molar-refractivity contribution is -0.146. The van der Waals surface area contributed by atoms with Crippen LogP contribution in [0.25, 0.3) is 0 Å². The average Bonchev–Trinajstić information content (AvgIpc) is 3.04. The maximum Gasteiger partial charge on any atom is 0.417 e. The largest absolute Gasteiger partial charge is 0.481 e. The van der Waals surface area contributed by atoms with E-state index in [1.165, 1.54) is 0 Å². The van der Waals surface area contributed by atoms with Gasteiger partial charge in [0.2, 0.25) is 0 Å². The van der Waals surface area contributed by atoms with Gasteiger partial charge in [-0.05, 0) is 24.1 Å². The van der Waals surface area contributed by atoms with Crippen LogP contribution in [0.2, 0.25) is 5.02 Å². The second kappa shape index (κ2) is 4.37. The summed E-state index contributed by atoms with van der Waals surface area (Å²) in [5, 5.41) is 17.5. The second-order valence-electron chi connectivity index (χ2n) is 4.56. The molecule has 0 heterocycles. The minimum absolute atomic E-state index is 0.200. The number of alkyl halides is 3. The fraction of sp³-hybridized carbons (Fsp3) is 0.333. The number of carbonyl (C=O) groups is 2. The zero-order valence-corrected chi connectivity index (χ0v) is 10.5. The third-order valence-electron chi connectivity index (χ3n) is 3.43. The second-order valence-corrected chi connectivity index (χ2v) is 4.97. The molecule has 108 valence electrons. The lowest BCUT2D eigenvalue weighted by Crippen LogP contribution is -2.25. The van der Waals surface area contributed by atoms with E-state index in [9.17, 15) is 22.8 Å². The molecular formula is C12H8ClF3O4. The van der Waals surface area contributed by atoms with Gasteiger partial charge in [-0.15, -0.1) is 0 Å². The van der Waals surface area contributed by atoms with Crippen LogP contribution in [0, 0.1) is 5.92 Å². The highest BCUT2D eigenvalue weighted by atomic mass is 35.5. The Balaban J connectivity index is 2.53. The highest BCUT2D eigenvalue weighted by Gasteiger charge is 2.65. The fourth-order valence-corrected chi connectivity index (χ4v) is 2.48. The van der Waals surface area contributed by atoms with Gasteiger partial charge in [0.1, 0.15) is 5.41 Å².